The van der Waals surface area contributed by atoms with Gasteiger partial charge in [0.2, 0.25) is 0 Å². The fraction of sp³-hybridized carbons (Fsp3) is 0.440. The molecule has 36 heavy (non-hydrogen) atoms. The van der Waals surface area contributed by atoms with Crippen LogP contribution in [0.5, 0.6) is 0 Å². The van der Waals surface area contributed by atoms with E-state index in [1.807, 2.05) is 38.9 Å². The van der Waals surface area contributed by atoms with Crippen LogP contribution in [0.15, 0.2) is 30.3 Å². The standard InChI is InChI=1S/C25H31N5O4S.ClH/c1-17-6-9-22-23(18(17)2)26-25(35-22)29(11-5-10-27(3)4)24(31)19-7-8-20(21(16-19)30(32)33)28-12-14-34-15-13-28;/h6-9,16H,5,10-15H2,1-4H3;1H. The Hall–Kier alpha value is -2.79. The summed E-state index contributed by atoms with van der Waals surface area (Å²) >= 11 is 1.47. The van der Waals surface area contributed by atoms with Crippen molar-refractivity contribution in [3.05, 3.63) is 57.1 Å². The molecule has 0 saturated carbocycles. The van der Waals surface area contributed by atoms with Crippen molar-refractivity contribution in [1.82, 2.24) is 9.88 Å². The van der Waals surface area contributed by atoms with Gasteiger partial charge in [-0.3, -0.25) is 19.8 Å². The van der Waals surface area contributed by atoms with E-state index in [1.165, 1.54) is 17.4 Å². The maximum atomic E-state index is 13.7. The molecule has 0 aliphatic carbocycles. The van der Waals surface area contributed by atoms with Gasteiger partial charge in [0.25, 0.3) is 11.6 Å². The molecule has 0 unspecified atom stereocenters. The Morgan fingerprint density at radius 1 is 1.17 bits per heavy atom. The maximum Gasteiger partial charge on any atom is 0.293 e. The van der Waals surface area contributed by atoms with Crippen molar-refractivity contribution >= 4 is 56.4 Å². The van der Waals surface area contributed by atoms with E-state index in [1.54, 1.807) is 17.0 Å². The van der Waals surface area contributed by atoms with Gasteiger partial charge in [-0.25, -0.2) is 4.98 Å². The number of morpholine rings is 1. The summed E-state index contributed by atoms with van der Waals surface area (Å²) in [5.41, 5.74) is 3.86. The lowest BCUT2D eigenvalue weighted by Gasteiger charge is -2.28. The maximum absolute atomic E-state index is 13.7. The molecular formula is C25H32ClN5O4S. The molecule has 1 saturated heterocycles. The molecule has 1 amide bonds. The molecule has 9 nitrogen and oxygen atoms in total. The van der Waals surface area contributed by atoms with E-state index in [0.29, 0.717) is 43.7 Å². The number of halogens is 1. The highest BCUT2D eigenvalue weighted by molar-refractivity contribution is 7.22. The van der Waals surface area contributed by atoms with Crippen LogP contribution < -0.4 is 9.80 Å². The Bertz CT molecular complexity index is 1240. The van der Waals surface area contributed by atoms with E-state index < -0.39 is 4.92 Å². The third-order valence-electron chi connectivity index (χ3n) is 6.31. The van der Waals surface area contributed by atoms with Crippen LogP contribution in [0.3, 0.4) is 0 Å². The first-order valence-electron chi connectivity index (χ1n) is 11.7. The van der Waals surface area contributed by atoms with Crippen LogP contribution in [-0.4, -0.2) is 74.2 Å². The fourth-order valence-corrected chi connectivity index (χ4v) is 5.24. The molecule has 1 aliphatic heterocycles. The molecule has 4 rings (SSSR count). The Balaban J connectivity index is 0.00000361. The lowest BCUT2D eigenvalue weighted by atomic mass is 10.1. The van der Waals surface area contributed by atoms with Gasteiger partial charge in [-0.05, 0) is 70.2 Å². The first-order chi connectivity index (χ1) is 16.8. The number of anilines is 2. The van der Waals surface area contributed by atoms with E-state index in [4.69, 9.17) is 9.72 Å². The number of hydrogen-bond donors (Lipinski definition) is 0. The monoisotopic (exact) mass is 533 g/mol. The number of nitro groups is 1. The number of carbonyl (C=O) groups excluding carboxylic acids is 1. The first kappa shape index (κ1) is 27.8. The third kappa shape index (κ3) is 5.95. The zero-order valence-corrected chi connectivity index (χ0v) is 22.7. The number of nitro benzene ring substituents is 1. The molecular weight excluding hydrogens is 502 g/mol. The van der Waals surface area contributed by atoms with Gasteiger partial charge in [0.15, 0.2) is 5.13 Å². The summed E-state index contributed by atoms with van der Waals surface area (Å²) in [6, 6.07) is 8.85. The van der Waals surface area contributed by atoms with Crippen molar-refractivity contribution in [1.29, 1.82) is 0 Å². The van der Waals surface area contributed by atoms with E-state index in [2.05, 4.69) is 11.0 Å². The number of ether oxygens (including phenoxy) is 1. The molecule has 0 N–H and O–H groups in total. The van der Waals surface area contributed by atoms with Crippen LogP contribution in [0.1, 0.15) is 27.9 Å². The Morgan fingerprint density at radius 3 is 2.56 bits per heavy atom. The van der Waals surface area contributed by atoms with Crippen LogP contribution in [0, 0.1) is 24.0 Å². The lowest BCUT2D eigenvalue weighted by molar-refractivity contribution is -0.384. The number of aromatic nitrogens is 1. The average molecular weight is 534 g/mol. The SMILES string of the molecule is Cc1ccc2sc(N(CCCN(C)C)C(=O)c3ccc(N4CCOCC4)c([N+](=O)[O-])c3)nc2c1C.Cl. The number of aryl methyl sites for hydroxylation is 2. The van der Waals surface area contributed by atoms with Gasteiger partial charge in [-0.15, -0.1) is 12.4 Å². The Morgan fingerprint density at radius 2 is 1.89 bits per heavy atom. The van der Waals surface area contributed by atoms with Gasteiger partial charge in [0, 0.05) is 31.3 Å². The number of carbonyl (C=O) groups is 1. The minimum Gasteiger partial charge on any atom is -0.378 e. The highest BCUT2D eigenvalue weighted by Gasteiger charge is 2.27. The molecule has 0 bridgehead atoms. The normalized spacial score (nSPS) is 13.6. The fourth-order valence-electron chi connectivity index (χ4n) is 4.19. The summed E-state index contributed by atoms with van der Waals surface area (Å²) < 4.78 is 6.39. The number of rotatable bonds is 8. The largest absolute Gasteiger partial charge is 0.378 e. The van der Waals surface area contributed by atoms with Gasteiger partial charge in [0.1, 0.15) is 5.69 Å². The number of fused-ring (bicyclic) bond motifs is 1. The molecule has 11 heteroatoms. The van der Waals surface area contributed by atoms with Gasteiger partial charge in [0.05, 0.1) is 28.4 Å². The van der Waals surface area contributed by atoms with Gasteiger partial charge in [-0.2, -0.15) is 0 Å². The molecule has 0 radical (unpaired) electrons. The second-order valence-electron chi connectivity index (χ2n) is 9.02. The van der Waals surface area contributed by atoms with E-state index in [9.17, 15) is 14.9 Å². The average Bonchev–Trinajstić information content (AvgIpc) is 3.28. The number of nitrogens with zero attached hydrogens (tertiary/aromatic N) is 5. The predicted molar refractivity (Wildman–Crippen MR) is 147 cm³/mol. The van der Waals surface area contributed by atoms with E-state index in [-0.39, 0.29) is 29.6 Å². The van der Waals surface area contributed by atoms with Crippen LogP contribution in [-0.2, 0) is 4.74 Å². The quantitative estimate of drug-likeness (QED) is 0.306. The molecule has 0 atom stereocenters. The van der Waals surface area contributed by atoms with Crippen LogP contribution in [0.4, 0.5) is 16.5 Å². The minimum absolute atomic E-state index is 0. The Kier molecular flexibility index (Phi) is 9.24. The van der Waals surface area contributed by atoms with Crippen molar-refractivity contribution in [2.75, 3.05) is 63.3 Å². The summed E-state index contributed by atoms with van der Waals surface area (Å²) in [5.74, 6) is -0.284. The second kappa shape index (κ2) is 12.0. The summed E-state index contributed by atoms with van der Waals surface area (Å²) in [7, 11) is 3.98. The second-order valence-corrected chi connectivity index (χ2v) is 10.0. The summed E-state index contributed by atoms with van der Waals surface area (Å²) in [6.07, 6.45) is 0.751. The molecule has 0 spiro atoms. The summed E-state index contributed by atoms with van der Waals surface area (Å²) in [6.45, 7) is 7.55. The van der Waals surface area contributed by atoms with Crippen LogP contribution in [0.2, 0.25) is 0 Å². The van der Waals surface area contributed by atoms with E-state index in [0.717, 1.165) is 34.3 Å². The van der Waals surface area contributed by atoms with Crippen molar-refractivity contribution in [3.63, 3.8) is 0 Å². The predicted octanol–water partition coefficient (Wildman–Crippen LogP) is 4.68. The van der Waals surface area contributed by atoms with Crippen molar-refractivity contribution in [3.8, 4) is 0 Å². The van der Waals surface area contributed by atoms with Crippen molar-refractivity contribution < 1.29 is 14.5 Å². The molecule has 2 aromatic carbocycles. The molecule has 1 aromatic heterocycles. The highest BCUT2D eigenvalue weighted by atomic mass is 35.5. The summed E-state index contributed by atoms with van der Waals surface area (Å²) in [5, 5.41) is 12.5. The Labute approximate surface area is 221 Å². The van der Waals surface area contributed by atoms with Crippen molar-refractivity contribution in [2.24, 2.45) is 0 Å². The molecule has 1 aliphatic rings. The first-order valence-corrected chi connectivity index (χ1v) is 12.5. The van der Waals surface area contributed by atoms with Gasteiger partial charge >= 0.3 is 0 Å². The lowest BCUT2D eigenvalue weighted by Crippen LogP contribution is -2.37. The number of amides is 1. The number of hydrogen-bond acceptors (Lipinski definition) is 8. The van der Waals surface area contributed by atoms with Gasteiger partial charge < -0.3 is 14.5 Å². The third-order valence-corrected chi connectivity index (χ3v) is 7.35. The van der Waals surface area contributed by atoms with Gasteiger partial charge in [-0.1, -0.05) is 17.4 Å². The highest BCUT2D eigenvalue weighted by Crippen LogP contribution is 2.34. The molecule has 3 aromatic rings. The topological polar surface area (TPSA) is 92.0 Å². The number of benzene rings is 2. The van der Waals surface area contributed by atoms with Crippen molar-refractivity contribution in [2.45, 2.75) is 20.3 Å². The summed E-state index contributed by atoms with van der Waals surface area (Å²) in [4.78, 5) is 35.7. The van der Waals surface area contributed by atoms with E-state index >= 15 is 0 Å². The zero-order valence-electron chi connectivity index (χ0n) is 21.0. The smallest absolute Gasteiger partial charge is 0.293 e. The zero-order chi connectivity index (χ0) is 25.1. The minimum atomic E-state index is -0.415. The molecule has 1 fully saturated rings. The van der Waals surface area contributed by atoms with Crippen LogP contribution >= 0.6 is 23.7 Å². The molecule has 2 heterocycles. The van der Waals surface area contributed by atoms with Crippen LogP contribution in [0.25, 0.3) is 10.2 Å². The molecule has 194 valence electrons. The number of thiazole rings is 1.